The van der Waals surface area contributed by atoms with Gasteiger partial charge in [0.2, 0.25) is 0 Å². The van der Waals surface area contributed by atoms with Gasteiger partial charge >= 0.3 is 0 Å². The van der Waals surface area contributed by atoms with Crippen LogP contribution in [-0.4, -0.2) is 4.98 Å². The Hall–Kier alpha value is -3.22. The average Bonchev–Trinajstić information content (AvgIpc) is 3.23. The monoisotopic (exact) mass is 338 g/mol. The maximum atomic E-state index is 9.00. The molecule has 0 radical (unpaired) electrons. The molecule has 0 saturated heterocycles. The molecule has 0 unspecified atom stereocenters. The number of nitriles is 1. The standard InChI is InChI=1S/C22H14N2S/c23-15-16-8-10-17(11-9-16)19-13-20(18-5-2-1-3-6-18)24-21(14-19)22-7-4-12-25-22/h1-14H. The second kappa shape index (κ2) is 6.72. The Morgan fingerprint density at radius 1 is 0.720 bits per heavy atom. The van der Waals surface area contributed by atoms with Gasteiger partial charge in [0.1, 0.15) is 0 Å². The summed E-state index contributed by atoms with van der Waals surface area (Å²) in [5.41, 5.74) is 5.86. The van der Waals surface area contributed by atoms with Crippen molar-refractivity contribution in [2.45, 2.75) is 0 Å². The fourth-order valence-corrected chi connectivity index (χ4v) is 3.43. The summed E-state index contributed by atoms with van der Waals surface area (Å²) in [4.78, 5) is 6.01. The largest absolute Gasteiger partial charge is 0.247 e. The minimum absolute atomic E-state index is 0.666. The van der Waals surface area contributed by atoms with Gasteiger partial charge in [-0.1, -0.05) is 48.5 Å². The van der Waals surface area contributed by atoms with E-state index in [1.165, 1.54) is 0 Å². The SMILES string of the molecule is N#Cc1ccc(-c2cc(-c3ccccc3)nc(-c3cccs3)c2)cc1. The molecule has 0 fully saturated rings. The fraction of sp³-hybridized carbons (Fsp3) is 0. The Morgan fingerprint density at radius 2 is 1.48 bits per heavy atom. The molecule has 0 N–H and O–H groups in total. The molecular formula is C22H14N2S. The zero-order valence-corrected chi connectivity index (χ0v) is 14.2. The van der Waals surface area contributed by atoms with Crippen LogP contribution in [0.1, 0.15) is 5.56 Å². The van der Waals surface area contributed by atoms with Crippen molar-refractivity contribution in [2.24, 2.45) is 0 Å². The van der Waals surface area contributed by atoms with Gasteiger partial charge in [0.25, 0.3) is 0 Å². The number of aromatic nitrogens is 1. The predicted octanol–water partition coefficient (Wildman–Crippen LogP) is 6.02. The van der Waals surface area contributed by atoms with Crippen LogP contribution in [0, 0.1) is 11.3 Å². The molecule has 0 bridgehead atoms. The van der Waals surface area contributed by atoms with Crippen LogP contribution in [0.15, 0.2) is 84.2 Å². The molecule has 0 atom stereocenters. The van der Waals surface area contributed by atoms with Crippen molar-refractivity contribution in [1.82, 2.24) is 4.98 Å². The molecule has 2 nitrogen and oxygen atoms in total. The van der Waals surface area contributed by atoms with Crippen LogP contribution < -0.4 is 0 Å². The van der Waals surface area contributed by atoms with Crippen molar-refractivity contribution in [3.05, 3.63) is 89.8 Å². The average molecular weight is 338 g/mol. The lowest BCUT2D eigenvalue weighted by atomic mass is 10.0. The summed E-state index contributed by atoms with van der Waals surface area (Å²) in [5, 5.41) is 11.1. The first-order valence-corrected chi connectivity index (χ1v) is 8.83. The van der Waals surface area contributed by atoms with E-state index in [4.69, 9.17) is 10.2 Å². The van der Waals surface area contributed by atoms with Gasteiger partial charge in [0.05, 0.1) is 27.9 Å². The number of nitrogens with zero attached hydrogens (tertiary/aromatic N) is 2. The maximum absolute atomic E-state index is 9.00. The van der Waals surface area contributed by atoms with E-state index in [1.807, 2.05) is 48.5 Å². The summed E-state index contributed by atoms with van der Waals surface area (Å²) in [6.45, 7) is 0. The Balaban J connectivity index is 1.88. The van der Waals surface area contributed by atoms with Crippen LogP contribution in [0.3, 0.4) is 0 Å². The number of rotatable bonds is 3. The number of pyridine rings is 1. The topological polar surface area (TPSA) is 36.7 Å². The van der Waals surface area contributed by atoms with Gasteiger partial charge in [-0.3, -0.25) is 0 Å². The molecule has 0 aliphatic heterocycles. The van der Waals surface area contributed by atoms with E-state index in [0.717, 1.165) is 33.0 Å². The van der Waals surface area contributed by atoms with Crippen LogP contribution in [0.2, 0.25) is 0 Å². The number of hydrogen-bond donors (Lipinski definition) is 0. The van der Waals surface area contributed by atoms with Gasteiger partial charge < -0.3 is 0 Å². The minimum atomic E-state index is 0.666. The third kappa shape index (κ3) is 3.21. The molecule has 0 spiro atoms. The van der Waals surface area contributed by atoms with Crippen LogP contribution in [0.25, 0.3) is 33.0 Å². The first-order valence-electron chi connectivity index (χ1n) is 7.95. The first kappa shape index (κ1) is 15.3. The summed E-state index contributed by atoms with van der Waals surface area (Å²) in [7, 11) is 0. The van der Waals surface area contributed by atoms with Gasteiger partial charge in [-0.15, -0.1) is 11.3 Å². The molecule has 4 rings (SSSR count). The van der Waals surface area contributed by atoms with Gasteiger partial charge in [-0.05, 0) is 46.8 Å². The van der Waals surface area contributed by atoms with E-state index in [0.29, 0.717) is 5.56 Å². The molecular weight excluding hydrogens is 324 g/mol. The summed E-state index contributed by atoms with van der Waals surface area (Å²) in [5.74, 6) is 0. The molecule has 4 aromatic rings. The van der Waals surface area contributed by atoms with Gasteiger partial charge in [-0.25, -0.2) is 4.98 Å². The molecule has 118 valence electrons. The van der Waals surface area contributed by atoms with Crippen LogP contribution in [0.5, 0.6) is 0 Å². The van der Waals surface area contributed by atoms with E-state index < -0.39 is 0 Å². The number of benzene rings is 2. The summed E-state index contributed by atoms with van der Waals surface area (Å²) in [6, 6.07) is 28.4. The van der Waals surface area contributed by atoms with Crippen molar-refractivity contribution >= 4 is 11.3 Å². The van der Waals surface area contributed by atoms with Gasteiger partial charge in [0.15, 0.2) is 0 Å². The molecule has 0 aliphatic rings. The summed E-state index contributed by atoms with van der Waals surface area (Å²) in [6.07, 6.45) is 0. The van der Waals surface area contributed by atoms with Crippen molar-refractivity contribution in [3.8, 4) is 39.0 Å². The fourth-order valence-electron chi connectivity index (χ4n) is 2.74. The molecule has 0 aliphatic carbocycles. The predicted molar refractivity (Wildman–Crippen MR) is 103 cm³/mol. The lowest BCUT2D eigenvalue weighted by molar-refractivity contribution is 1.33. The van der Waals surface area contributed by atoms with Crippen LogP contribution in [0.4, 0.5) is 0 Å². The van der Waals surface area contributed by atoms with Crippen LogP contribution >= 0.6 is 11.3 Å². The van der Waals surface area contributed by atoms with Crippen LogP contribution in [-0.2, 0) is 0 Å². The minimum Gasteiger partial charge on any atom is -0.247 e. The van der Waals surface area contributed by atoms with Gasteiger partial charge in [-0.2, -0.15) is 5.26 Å². The third-order valence-corrected chi connectivity index (χ3v) is 4.91. The number of thiophene rings is 1. The summed E-state index contributed by atoms with van der Waals surface area (Å²) < 4.78 is 0. The Kier molecular flexibility index (Phi) is 4.12. The third-order valence-electron chi connectivity index (χ3n) is 4.02. The molecule has 2 heterocycles. The molecule has 0 saturated carbocycles. The molecule has 2 aromatic heterocycles. The second-order valence-electron chi connectivity index (χ2n) is 5.66. The number of hydrogen-bond acceptors (Lipinski definition) is 3. The molecule has 2 aromatic carbocycles. The molecule has 25 heavy (non-hydrogen) atoms. The first-order chi connectivity index (χ1) is 12.3. The lowest BCUT2D eigenvalue weighted by Gasteiger charge is -2.09. The van der Waals surface area contributed by atoms with Crippen molar-refractivity contribution in [1.29, 1.82) is 5.26 Å². The van der Waals surface area contributed by atoms with Crippen molar-refractivity contribution < 1.29 is 0 Å². The van der Waals surface area contributed by atoms with Gasteiger partial charge in [0, 0.05) is 5.56 Å². The quantitative estimate of drug-likeness (QED) is 0.458. The van der Waals surface area contributed by atoms with E-state index in [1.54, 1.807) is 11.3 Å². The highest BCUT2D eigenvalue weighted by Gasteiger charge is 2.09. The van der Waals surface area contributed by atoms with E-state index in [9.17, 15) is 0 Å². The maximum Gasteiger partial charge on any atom is 0.0991 e. The highest BCUT2D eigenvalue weighted by atomic mass is 32.1. The van der Waals surface area contributed by atoms with Crippen molar-refractivity contribution in [3.63, 3.8) is 0 Å². The molecule has 3 heteroatoms. The lowest BCUT2D eigenvalue weighted by Crippen LogP contribution is -1.90. The highest BCUT2D eigenvalue weighted by molar-refractivity contribution is 7.13. The van der Waals surface area contributed by atoms with Crippen molar-refractivity contribution in [2.75, 3.05) is 0 Å². The Bertz CT molecular complexity index is 1030. The molecule has 0 amide bonds. The van der Waals surface area contributed by atoms with E-state index in [2.05, 4.69) is 41.8 Å². The normalized spacial score (nSPS) is 10.4. The zero-order chi connectivity index (χ0) is 17.1. The Labute approximate surface area is 150 Å². The van der Waals surface area contributed by atoms with E-state index in [-0.39, 0.29) is 0 Å². The second-order valence-corrected chi connectivity index (χ2v) is 6.61. The smallest absolute Gasteiger partial charge is 0.0991 e. The highest BCUT2D eigenvalue weighted by Crippen LogP contribution is 2.32. The van der Waals surface area contributed by atoms with E-state index >= 15 is 0 Å². The zero-order valence-electron chi connectivity index (χ0n) is 13.4. The Morgan fingerprint density at radius 3 is 2.16 bits per heavy atom. The summed E-state index contributed by atoms with van der Waals surface area (Å²) >= 11 is 1.68.